The average Bonchev–Trinajstić information content (AvgIpc) is 2.31. The van der Waals surface area contributed by atoms with E-state index in [1.165, 1.54) is 6.21 Å². The van der Waals surface area contributed by atoms with Crippen LogP contribution >= 0.6 is 11.6 Å². The lowest BCUT2D eigenvalue weighted by atomic mass is 9.77. The fourth-order valence-corrected chi connectivity index (χ4v) is 2.78. The number of aliphatic hydroxyl groups excluding tert-OH is 1. The number of ketones is 1. The molecule has 0 unspecified atom stereocenters. The van der Waals surface area contributed by atoms with Gasteiger partial charge in [0.25, 0.3) is 0 Å². The first-order valence-electron chi connectivity index (χ1n) is 6.85. The minimum absolute atomic E-state index is 0.0433. The van der Waals surface area contributed by atoms with Gasteiger partial charge in [-0.3, -0.25) is 9.79 Å². The first-order chi connectivity index (χ1) is 9.30. The molecule has 0 atom stereocenters. The first-order valence-corrected chi connectivity index (χ1v) is 7.23. The van der Waals surface area contributed by atoms with Crippen molar-refractivity contribution >= 4 is 23.6 Å². The summed E-state index contributed by atoms with van der Waals surface area (Å²) in [5.74, 6) is 0.101. The highest BCUT2D eigenvalue weighted by atomic mass is 35.5. The molecular formula is C16H20ClNO2. The topological polar surface area (TPSA) is 49.7 Å². The molecule has 0 aliphatic heterocycles. The van der Waals surface area contributed by atoms with Gasteiger partial charge in [-0.1, -0.05) is 31.5 Å². The molecule has 2 aliphatic carbocycles. The van der Waals surface area contributed by atoms with Crippen molar-refractivity contribution in [3.05, 3.63) is 33.7 Å². The molecule has 0 fully saturated rings. The lowest BCUT2D eigenvalue weighted by molar-refractivity contribution is -0.117. The Morgan fingerprint density at radius 1 is 1.40 bits per heavy atom. The van der Waals surface area contributed by atoms with Crippen LogP contribution < -0.4 is 0 Å². The van der Waals surface area contributed by atoms with E-state index in [2.05, 4.69) is 4.99 Å². The monoisotopic (exact) mass is 293 g/mol. The molecule has 0 spiro atoms. The predicted octanol–water partition coefficient (Wildman–Crippen LogP) is 4.45. The van der Waals surface area contributed by atoms with Gasteiger partial charge in [-0.05, 0) is 30.8 Å². The van der Waals surface area contributed by atoms with Crippen molar-refractivity contribution in [3.8, 4) is 0 Å². The van der Waals surface area contributed by atoms with Crippen LogP contribution in [-0.4, -0.2) is 17.1 Å². The first kappa shape index (κ1) is 15.0. The second-order valence-corrected chi connectivity index (χ2v) is 6.63. The Morgan fingerprint density at radius 2 is 2.10 bits per heavy atom. The molecule has 0 amide bonds. The fraction of sp³-hybridized carbons (Fsp3) is 0.500. The molecule has 0 aromatic carbocycles. The van der Waals surface area contributed by atoms with Gasteiger partial charge in [-0.2, -0.15) is 0 Å². The zero-order chi connectivity index (χ0) is 14.9. The van der Waals surface area contributed by atoms with Crippen LogP contribution in [0.3, 0.4) is 0 Å². The Hall–Kier alpha value is -1.35. The molecule has 0 aromatic heterocycles. The van der Waals surface area contributed by atoms with Crippen molar-refractivity contribution in [1.82, 2.24) is 0 Å². The number of carbonyl (C=O) groups excluding carboxylic acids is 1. The number of Topliss-reactive ketones (excluding diaryl/α,β-unsaturated/α-hetero) is 1. The average molecular weight is 294 g/mol. The van der Waals surface area contributed by atoms with Crippen molar-refractivity contribution < 1.29 is 9.90 Å². The highest BCUT2D eigenvalue weighted by Crippen LogP contribution is 2.35. The molecular weight excluding hydrogens is 274 g/mol. The van der Waals surface area contributed by atoms with Gasteiger partial charge in [0, 0.05) is 29.8 Å². The minimum atomic E-state index is -0.176. The quantitative estimate of drug-likeness (QED) is 0.765. The van der Waals surface area contributed by atoms with E-state index in [1.54, 1.807) is 0 Å². The van der Waals surface area contributed by atoms with E-state index in [0.717, 1.165) is 29.1 Å². The van der Waals surface area contributed by atoms with Gasteiger partial charge in [0.2, 0.25) is 0 Å². The number of halogens is 1. The summed E-state index contributed by atoms with van der Waals surface area (Å²) in [6.07, 6.45) is 6.10. The lowest BCUT2D eigenvalue weighted by Gasteiger charge is -2.28. The van der Waals surface area contributed by atoms with Crippen molar-refractivity contribution in [2.45, 2.75) is 46.5 Å². The predicted molar refractivity (Wildman–Crippen MR) is 82.0 cm³/mol. The van der Waals surface area contributed by atoms with Crippen LogP contribution in [0.2, 0.25) is 0 Å². The van der Waals surface area contributed by atoms with Gasteiger partial charge >= 0.3 is 0 Å². The van der Waals surface area contributed by atoms with E-state index >= 15 is 0 Å². The summed E-state index contributed by atoms with van der Waals surface area (Å²) in [5.41, 5.74) is 1.99. The molecule has 0 saturated carbocycles. The highest BCUT2D eigenvalue weighted by molar-refractivity contribution is 6.32. The molecule has 0 aromatic rings. The Balaban J connectivity index is 2.26. The summed E-state index contributed by atoms with van der Waals surface area (Å²) in [6, 6.07) is 0. The Kier molecular flexibility index (Phi) is 4.19. The third kappa shape index (κ3) is 3.21. The Bertz CT molecular complexity index is 565. The normalized spacial score (nSPS) is 23.6. The fourth-order valence-electron chi connectivity index (χ4n) is 2.57. The van der Waals surface area contributed by atoms with Crippen LogP contribution in [0.25, 0.3) is 0 Å². The lowest BCUT2D eigenvalue weighted by Crippen LogP contribution is -2.26. The minimum Gasteiger partial charge on any atom is -0.511 e. The van der Waals surface area contributed by atoms with E-state index in [-0.39, 0.29) is 17.0 Å². The number of hydrogen-bond acceptors (Lipinski definition) is 3. The van der Waals surface area contributed by atoms with Crippen LogP contribution in [0.4, 0.5) is 0 Å². The molecule has 20 heavy (non-hydrogen) atoms. The Morgan fingerprint density at radius 3 is 2.75 bits per heavy atom. The summed E-state index contributed by atoms with van der Waals surface area (Å²) in [6.45, 7) is 5.88. The highest BCUT2D eigenvalue weighted by Gasteiger charge is 2.32. The van der Waals surface area contributed by atoms with E-state index in [0.29, 0.717) is 18.4 Å². The molecule has 2 rings (SSSR count). The number of carbonyl (C=O) groups is 1. The van der Waals surface area contributed by atoms with Crippen molar-refractivity contribution in [2.75, 3.05) is 0 Å². The zero-order valence-corrected chi connectivity index (χ0v) is 12.9. The maximum Gasteiger partial charge on any atom is 0.168 e. The number of allylic oxidation sites excluding steroid dienone is 6. The van der Waals surface area contributed by atoms with Crippen LogP contribution in [-0.2, 0) is 4.79 Å². The molecule has 0 bridgehead atoms. The standard InChI is InChI=1S/C16H20ClNO2/c1-10-12(17)5-4-6-13(10)18-9-11-14(19)7-16(2,3)8-15(11)20/h5,9,19H,4,6-8H2,1-3H3. The van der Waals surface area contributed by atoms with Crippen LogP contribution in [0.5, 0.6) is 0 Å². The molecule has 0 saturated heterocycles. The summed E-state index contributed by atoms with van der Waals surface area (Å²) in [4.78, 5) is 16.5. The molecule has 108 valence electrons. The molecule has 4 heteroatoms. The molecule has 0 radical (unpaired) electrons. The third-order valence-electron chi connectivity index (χ3n) is 3.74. The zero-order valence-electron chi connectivity index (χ0n) is 12.2. The van der Waals surface area contributed by atoms with E-state index in [9.17, 15) is 9.90 Å². The molecule has 3 nitrogen and oxygen atoms in total. The molecule has 1 N–H and O–H groups in total. The van der Waals surface area contributed by atoms with Gasteiger partial charge in [-0.25, -0.2) is 0 Å². The maximum absolute atomic E-state index is 12.1. The number of aliphatic hydroxyl groups is 1. The molecule has 2 aliphatic rings. The van der Waals surface area contributed by atoms with Gasteiger partial charge < -0.3 is 5.11 Å². The summed E-state index contributed by atoms with van der Waals surface area (Å²) >= 11 is 6.08. The van der Waals surface area contributed by atoms with E-state index in [1.807, 2.05) is 26.8 Å². The maximum atomic E-state index is 12.1. The third-order valence-corrected chi connectivity index (χ3v) is 4.18. The summed E-state index contributed by atoms with van der Waals surface area (Å²) in [7, 11) is 0. The van der Waals surface area contributed by atoms with Gasteiger partial charge in [0.1, 0.15) is 5.76 Å². The largest absolute Gasteiger partial charge is 0.511 e. The van der Waals surface area contributed by atoms with E-state index in [4.69, 9.17) is 11.6 Å². The van der Waals surface area contributed by atoms with Gasteiger partial charge in [0.05, 0.1) is 5.57 Å². The summed E-state index contributed by atoms with van der Waals surface area (Å²) in [5, 5.41) is 10.8. The van der Waals surface area contributed by atoms with Crippen molar-refractivity contribution in [1.29, 1.82) is 0 Å². The second kappa shape index (κ2) is 5.57. The molecule has 0 heterocycles. The number of rotatable bonds is 2. The number of nitrogens with zero attached hydrogens (tertiary/aromatic N) is 1. The number of aliphatic imine (C=N–C) groups is 1. The smallest absolute Gasteiger partial charge is 0.168 e. The van der Waals surface area contributed by atoms with Crippen LogP contribution in [0, 0.1) is 5.41 Å². The van der Waals surface area contributed by atoms with Crippen molar-refractivity contribution in [2.24, 2.45) is 10.4 Å². The van der Waals surface area contributed by atoms with Crippen molar-refractivity contribution in [3.63, 3.8) is 0 Å². The Labute approximate surface area is 124 Å². The van der Waals surface area contributed by atoms with Gasteiger partial charge in [-0.15, -0.1) is 0 Å². The number of hydrogen-bond donors (Lipinski definition) is 1. The van der Waals surface area contributed by atoms with E-state index < -0.39 is 0 Å². The van der Waals surface area contributed by atoms with Crippen LogP contribution in [0.1, 0.15) is 46.5 Å². The van der Waals surface area contributed by atoms with Crippen LogP contribution in [0.15, 0.2) is 38.7 Å². The summed E-state index contributed by atoms with van der Waals surface area (Å²) < 4.78 is 0. The van der Waals surface area contributed by atoms with Gasteiger partial charge in [0.15, 0.2) is 5.78 Å². The SMILES string of the molecule is CC1=C(N=CC2=C(O)CC(C)(C)CC2=O)CCC=C1Cl. The second-order valence-electron chi connectivity index (χ2n) is 6.22.